The summed E-state index contributed by atoms with van der Waals surface area (Å²) < 4.78 is 38.6. The maximum absolute atomic E-state index is 12.9. The minimum absolute atomic E-state index is 0. The Kier molecular flexibility index (Phi) is 8.07. The lowest BCUT2D eigenvalue weighted by Crippen LogP contribution is -2.40. The molecule has 0 radical (unpaired) electrons. The molecule has 2 N–H and O–H groups in total. The second-order valence-corrected chi connectivity index (χ2v) is 8.50. The molecule has 2 aliphatic carbocycles. The molecule has 0 aromatic heterocycles. The number of hydrogen-bond donors (Lipinski definition) is 2. The van der Waals surface area contributed by atoms with E-state index in [2.05, 4.69) is 27.8 Å². The van der Waals surface area contributed by atoms with Crippen molar-refractivity contribution in [2.45, 2.75) is 32.5 Å². The van der Waals surface area contributed by atoms with Gasteiger partial charge in [0.1, 0.15) is 0 Å². The number of alkyl halides is 3. The standard InChI is InChI=1S/C23H27F3N4O2.HI/c1-2-27-22(29-13-14-5-3-6-17(11-14)23(24,25)26)28-9-4-10-30-20(31)18-15-7-8-16(12-15)19(18)21(30)32;/h3,5-8,11,15-16,18-19H,2,4,9-10,12-13H2,1H3,(H2,27,28,29);1H. The van der Waals surface area contributed by atoms with Gasteiger partial charge in [0.25, 0.3) is 0 Å². The minimum atomic E-state index is -4.39. The Morgan fingerprint density at radius 1 is 1.12 bits per heavy atom. The first-order valence-electron chi connectivity index (χ1n) is 11.0. The maximum Gasteiger partial charge on any atom is 0.416 e. The second-order valence-electron chi connectivity index (χ2n) is 8.50. The lowest BCUT2D eigenvalue weighted by atomic mass is 9.85. The van der Waals surface area contributed by atoms with Crippen molar-refractivity contribution in [3.8, 4) is 0 Å². The van der Waals surface area contributed by atoms with Crippen LogP contribution in [-0.4, -0.2) is 42.3 Å². The number of nitrogens with one attached hydrogen (secondary N) is 2. The third-order valence-corrected chi connectivity index (χ3v) is 6.43. The molecule has 1 aromatic carbocycles. The first-order chi connectivity index (χ1) is 15.3. The molecule has 10 heteroatoms. The summed E-state index contributed by atoms with van der Waals surface area (Å²) in [7, 11) is 0. The zero-order valence-electron chi connectivity index (χ0n) is 18.3. The monoisotopic (exact) mass is 576 g/mol. The van der Waals surface area contributed by atoms with Crippen molar-refractivity contribution in [3.63, 3.8) is 0 Å². The predicted molar refractivity (Wildman–Crippen MR) is 129 cm³/mol. The van der Waals surface area contributed by atoms with Gasteiger partial charge in [0.15, 0.2) is 5.96 Å². The van der Waals surface area contributed by atoms with Crippen LogP contribution in [0.2, 0.25) is 0 Å². The number of amides is 2. The Hall–Kier alpha value is -2.11. The fourth-order valence-electron chi connectivity index (χ4n) is 4.99. The van der Waals surface area contributed by atoms with Crippen molar-refractivity contribution >= 4 is 41.8 Å². The van der Waals surface area contributed by atoms with E-state index in [1.165, 1.54) is 11.0 Å². The summed E-state index contributed by atoms with van der Waals surface area (Å²) >= 11 is 0. The first kappa shape index (κ1) is 25.5. The highest BCUT2D eigenvalue weighted by atomic mass is 127. The largest absolute Gasteiger partial charge is 0.416 e. The molecule has 180 valence electrons. The quantitative estimate of drug-likeness (QED) is 0.130. The predicted octanol–water partition coefficient (Wildman–Crippen LogP) is 3.58. The van der Waals surface area contributed by atoms with E-state index in [0.717, 1.165) is 18.6 Å². The van der Waals surface area contributed by atoms with Gasteiger partial charge in [0, 0.05) is 19.6 Å². The van der Waals surface area contributed by atoms with Crippen molar-refractivity contribution in [2.24, 2.45) is 28.7 Å². The minimum Gasteiger partial charge on any atom is -0.357 e. The van der Waals surface area contributed by atoms with E-state index >= 15 is 0 Å². The number of fused-ring (bicyclic) bond motifs is 5. The molecule has 0 spiro atoms. The van der Waals surface area contributed by atoms with Gasteiger partial charge in [-0.3, -0.25) is 14.5 Å². The summed E-state index contributed by atoms with van der Waals surface area (Å²) in [6.07, 6.45) is 1.24. The molecule has 2 bridgehead atoms. The molecule has 1 saturated heterocycles. The fourth-order valence-corrected chi connectivity index (χ4v) is 4.99. The summed E-state index contributed by atoms with van der Waals surface area (Å²) in [5.74, 6) is 0.404. The van der Waals surface area contributed by atoms with E-state index in [0.29, 0.717) is 37.6 Å². The lowest BCUT2D eigenvalue weighted by Gasteiger charge is -2.18. The van der Waals surface area contributed by atoms with Gasteiger partial charge >= 0.3 is 6.18 Å². The Labute approximate surface area is 208 Å². The third-order valence-electron chi connectivity index (χ3n) is 6.43. The highest BCUT2D eigenvalue weighted by Crippen LogP contribution is 2.52. The van der Waals surface area contributed by atoms with Crippen LogP contribution < -0.4 is 10.6 Å². The lowest BCUT2D eigenvalue weighted by molar-refractivity contribution is -0.141. The number of benzene rings is 1. The summed E-state index contributed by atoms with van der Waals surface area (Å²) in [6, 6.07) is 5.10. The molecule has 1 heterocycles. The molecule has 3 aliphatic rings. The number of hydrogen-bond acceptors (Lipinski definition) is 3. The number of carbonyl (C=O) groups is 2. The van der Waals surface area contributed by atoms with E-state index in [9.17, 15) is 22.8 Å². The van der Waals surface area contributed by atoms with Crippen LogP contribution in [0, 0.1) is 23.7 Å². The molecule has 2 amide bonds. The van der Waals surface area contributed by atoms with Gasteiger partial charge in [-0.25, -0.2) is 4.99 Å². The number of halogens is 4. The molecule has 4 rings (SSSR count). The number of allylic oxidation sites excluding steroid dienone is 2. The normalized spacial score (nSPS) is 25.9. The Morgan fingerprint density at radius 3 is 2.39 bits per heavy atom. The molecule has 1 aliphatic heterocycles. The van der Waals surface area contributed by atoms with Gasteiger partial charge in [-0.2, -0.15) is 13.2 Å². The number of likely N-dealkylation sites (tertiary alicyclic amines) is 1. The van der Waals surface area contributed by atoms with E-state index in [1.807, 2.05) is 6.92 Å². The van der Waals surface area contributed by atoms with Gasteiger partial charge in [-0.05, 0) is 49.3 Å². The van der Waals surface area contributed by atoms with Crippen LogP contribution in [0.3, 0.4) is 0 Å². The molecule has 33 heavy (non-hydrogen) atoms. The Bertz CT molecular complexity index is 920. The summed E-state index contributed by atoms with van der Waals surface area (Å²) in [6.45, 7) is 3.42. The average molecular weight is 576 g/mol. The van der Waals surface area contributed by atoms with Crippen molar-refractivity contribution in [1.29, 1.82) is 0 Å². The van der Waals surface area contributed by atoms with Crippen LogP contribution in [0.4, 0.5) is 13.2 Å². The number of carbonyl (C=O) groups excluding carboxylic acids is 2. The summed E-state index contributed by atoms with van der Waals surface area (Å²) in [4.78, 5) is 31.2. The van der Waals surface area contributed by atoms with Gasteiger partial charge in [-0.15, -0.1) is 24.0 Å². The van der Waals surface area contributed by atoms with Crippen LogP contribution in [0.15, 0.2) is 41.4 Å². The smallest absolute Gasteiger partial charge is 0.357 e. The van der Waals surface area contributed by atoms with Gasteiger partial charge in [-0.1, -0.05) is 24.3 Å². The number of rotatable bonds is 7. The highest BCUT2D eigenvalue weighted by molar-refractivity contribution is 14.0. The Morgan fingerprint density at radius 2 is 1.79 bits per heavy atom. The van der Waals surface area contributed by atoms with Crippen LogP contribution >= 0.6 is 24.0 Å². The van der Waals surface area contributed by atoms with Crippen molar-refractivity contribution in [2.75, 3.05) is 19.6 Å². The van der Waals surface area contributed by atoms with Gasteiger partial charge in [0.2, 0.25) is 11.8 Å². The van der Waals surface area contributed by atoms with E-state index in [1.54, 1.807) is 6.07 Å². The topological polar surface area (TPSA) is 73.8 Å². The second kappa shape index (κ2) is 10.4. The van der Waals surface area contributed by atoms with E-state index in [-0.39, 0.29) is 66.0 Å². The molecule has 2 fully saturated rings. The molecule has 1 saturated carbocycles. The first-order valence-corrected chi connectivity index (χ1v) is 11.0. The zero-order chi connectivity index (χ0) is 22.9. The van der Waals surface area contributed by atoms with E-state index < -0.39 is 11.7 Å². The summed E-state index contributed by atoms with van der Waals surface area (Å²) in [5, 5.41) is 6.18. The summed E-state index contributed by atoms with van der Waals surface area (Å²) in [5.41, 5.74) is -0.239. The van der Waals surface area contributed by atoms with Crippen LogP contribution in [0.1, 0.15) is 30.9 Å². The zero-order valence-corrected chi connectivity index (χ0v) is 20.6. The molecule has 4 atom stereocenters. The molecular formula is C23H28F3IN4O2. The van der Waals surface area contributed by atoms with Gasteiger partial charge < -0.3 is 10.6 Å². The van der Waals surface area contributed by atoms with Gasteiger partial charge in [0.05, 0.1) is 23.9 Å². The van der Waals surface area contributed by atoms with Crippen molar-refractivity contribution < 1.29 is 22.8 Å². The molecular weight excluding hydrogens is 548 g/mol. The van der Waals surface area contributed by atoms with Crippen LogP contribution in [-0.2, 0) is 22.3 Å². The molecule has 4 unspecified atom stereocenters. The number of aliphatic imine (C=N–C) groups is 1. The number of guanidine groups is 1. The van der Waals surface area contributed by atoms with Crippen molar-refractivity contribution in [1.82, 2.24) is 15.5 Å². The van der Waals surface area contributed by atoms with E-state index in [4.69, 9.17) is 0 Å². The number of nitrogens with zero attached hydrogens (tertiary/aromatic N) is 2. The Balaban J connectivity index is 0.00000306. The molecule has 1 aromatic rings. The fraction of sp³-hybridized carbons (Fsp3) is 0.522. The number of imide groups is 1. The average Bonchev–Trinajstić information content (AvgIpc) is 3.44. The highest BCUT2D eigenvalue weighted by Gasteiger charge is 2.58. The van der Waals surface area contributed by atoms with Crippen molar-refractivity contribution in [3.05, 3.63) is 47.5 Å². The SMILES string of the molecule is CCNC(=NCc1cccc(C(F)(F)F)c1)NCCCN1C(=O)C2C3C=CC(C3)C2C1=O.I. The third kappa shape index (κ3) is 5.36. The molecule has 6 nitrogen and oxygen atoms in total. The van der Waals surface area contributed by atoms with Crippen LogP contribution in [0.25, 0.3) is 0 Å². The van der Waals surface area contributed by atoms with Crippen LogP contribution in [0.5, 0.6) is 0 Å². The maximum atomic E-state index is 12.9.